The van der Waals surface area contributed by atoms with Crippen molar-refractivity contribution < 1.29 is 60.0 Å². The van der Waals surface area contributed by atoms with Gasteiger partial charge in [0, 0.05) is 101 Å². The van der Waals surface area contributed by atoms with Gasteiger partial charge in [-0.25, -0.2) is 18.4 Å². The Bertz CT molecular complexity index is 3630. The van der Waals surface area contributed by atoms with E-state index in [-0.39, 0.29) is 82.0 Å². The standard InChI is InChI=1S/C55H67N13O14S2/c1-34-26-35(2)50(36(3)27-34)83(77,78)67-43(54(75)76)32-62-53(74)42-33-68(44-28-38(12-14-41(44)49(42)71)29-63-55-59-21-22-60-55)23-7-18-56-47(69)16-17-48(70)57-19-8-24-82-25-9-20-58-51(72)37(4)65-52(73)40-13-15-46(61-30-40)66-64-31-39-10-5-6-11-45(39)84(79,80)81/h5-6,10-15,21-22,26-28,30-31,33,37,43,67H,7-9,16-20,23-25,29,32H2,1-4H3,(H,56,69)(H,57,70)(H,58,72)(H,61,66)(H,62,74)(H,65,73)(H,75,76)(H2,59,60,63)(H,79,80,81)/b64-31+/t37?,43-/m0/s1. The normalized spacial score (nSPS) is 12.3. The summed E-state index contributed by atoms with van der Waals surface area (Å²) in [6.07, 6.45) is 8.16. The molecule has 0 bridgehead atoms. The summed E-state index contributed by atoms with van der Waals surface area (Å²) in [6, 6.07) is 14.3. The lowest BCUT2D eigenvalue weighted by molar-refractivity contribution is -0.138. The Labute approximate surface area is 484 Å². The van der Waals surface area contributed by atoms with E-state index in [2.05, 4.69) is 62.1 Å². The number of hydrogen-bond donors (Lipinski definition) is 11. The first-order valence-electron chi connectivity index (χ1n) is 26.5. The number of sulfonamides is 1. The third-order valence-electron chi connectivity index (χ3n) is 12.7. The minimum absolute atomic E-state index is 0.0729. The molecule has 3 aromatic carbocycles. The topological polar surface area (TPSA) is 393 Å². The number of aliphatic carboxylic acids is 1. The van der Waals surface area contributed by atoms with Crippen LogP contribution in [0.15, 0.2) is 111 Å². The van der Waals surface area contributed by atoms with Crippen LogP contribution < -0.4 is 47.5 Å². The van der Waals surface area contributed by atoms with Crippen molar-refractivity contribution in [3.05, 3.63) is 141 Å². The fourth-order valence-electron chi connectivity index (χ4n) is 8.60. The van der Waals surface area contributed by atoms with E-state index in [0.29, 0.717) is 68.2 Å². The van der Waals surface area contributed by atoms with Crippen LogP contribution in [0.3, 0.4) is 0 Å². The van der Waals surface area contributed by atoms with Crippen LogP contribution in [0, 0.1) is 20.8 Å². The number of H-pyrrole nitrogens is 1. The number of fused-ring (bicyclic) bond motifs is 1. The smallest absolute Gasteiger partial charge is 0.323 e. The number of carboxylic acids is 1. The zero-order chi connectivity index (χ0) is 61.0. The Kier molecular flexibility index (Phi) is 23.3. The fourth-order valence-corrected chi connectivity index (χ4v) is 10.9. The molecule has 84 heavy (non-hydrogen) atoms. The molecule has 3 aromatic heterocycles. The molecule has 0 aliphatic carbocycles. The summed E-state index contributed by atoms with van der Waals surface area (Å²) in [5.74, 6) is -3.41. The lowest BCUT2D eigenvalue weighted by Crippen LogP contribution is -2.49. The van der Waals surface area contributed by atoms with Gasteiger partial charge in [-0.2, -0.15) is 18.2 Å². The molecule has 11 N–H and O–H groups in total. The van der Waals surface area contributed by atoms with Crippen molar-refractivity contribution in [3.63, 3.8) is 0 Å². The fraction of sp³-hybridized carbons (Fsp3) is 0.345. The summed E-state index contributed by atoms with van der Waals surface area (Å²) in [6.45, 7) is 7.73. The Morgan fingerprint density at radius 3 is 2.14 bits per heavy atom. The molecule has 0 spiro atoms. The van der Waals surface area contributed by atoms with Gasteiger partial charge in [0.25, 0.3) is 21.9 Å². The van der Waals surface area contributed by atoms with Crippen LogP contribution >= 0.6 is 0 Å². The lowest BCUT2D eigenvalue weighted by atomic mass is 10.1. The van der Waals surface area contributed by atoms with Gasteiger partial charge in [-0.1, -0.05) is 42.0 Å². The number of benzene rings is 3. The maximum absolute atomic E-state index is 13.8. The first kappa shape index (κ1) is 64.3. The van der Waals surface area contributed by atoms with Crippen molar-refractivity contribution in [2.45, 2.75) is 94.8 Å². The SMILES string of the molecule is Cc1cc(C)c(S(=O)(=O)N[C@@H](CNC(=O)c2cn(CCCNC(=O)CCC(=O)NCCCOCCCNC(=O)C(C)NC(=O)c3ccc(N/N=C/c4ccccc4S(=O)(=O)O)nc3)c3cc(CNc4ncc[nH]4)ccc3c2=O)C(=O)O)c(C)c1. The Hall–Kier alpha value is -8.90. The third-order valence-corrected chi connectivity index (χ3v) is 15.4. The Morgan fingerprint density at radius 1 is 0.821 bits per heavy atom. The zero-order valence-corrected chi connectivity index (χ0v) is 48.1. The van der Waals surface area contributed by atoms with Gasteiger partial charge < -0.3 is 51.3 Å². The van der Waals surface area contributed by atoms with Crippen LogP contribution in [0.4, 0.5) is 11.8 Å². The number of anilines is 2. The number of aryl methyl sites for hydroxylation is 4. The number of ether oxygens (including phenoxy) is 1. The highest BCUT2D eigenvalue weighted by molar-refractivity contribution is 7.89. The summed E-state index contributed by atoms with van der Waals surface area (Å²) in [5, 5.41) is 30.5. The molecule has 29 heteroatoms. The van der Waals surface area contributed by atoms with Crippen LogP contribution in [0.2, 0.25) is 0 Å². The molecule has 3 heterocycles. The van der Waals surface area contributed by atoms with Crippen LogP contribution in [-0.4, -0.2) is 139 Å². The first-order valence-corrected chi connectivity index (χ1v) is 29.4. The molecule has 0 saturated carbocycles. The summed E-state index contributed by atoms with van der Waals surface area (Å²) < 4.78 is 68.8. The number of carbonyl (C=O) groups is 6. The number of imidazole rings is 1. The number of aromatic amines is 1. The molecule has 6 aromatic rings. The number of carbonyl (C=O) groups excluding carboxylic acids is 5. The van der Waals surface area contributed by atoms with Crippen molar-refractivity contribution in [2.24, 2.45) is 5.10 Å². The maximum Gasteiger partial charge on any atom is 0.323 e. The van der Waals surface area contributed by atoms with Gasteiger partial charge in [0.05, 0.1) is 22.2 Å². The van der Waals surface area contributed by atoms with Crippen LogP contribution in [0.25, 0.3) is 10.9 Å². The first-order chi connectivity index (χ1) is 40.0. The molecular formula is C55H67N13O14S2. The van der Waals surface area contributed by atoms with Gasteiger partial charge in [0.15, 0.2) is 5.95 Å². The van der Waals surface area contributed by atoms with Crippen molar-refractivity contribution in [3.8, 4) is 0 Å². The second-order valence-corrected chi connectivity index (χ2v) is 22.4. The van der Waals surface area contributed by atoms with Gasteiger partial charge >= 0.3 is 5.97 Å². The second-order valence-electron chi connectivity index (χ2n) is 19.3. The highest BCUT2D eigenvalue weighted by Gasteiger charge is 2.29. The predicted molar refractivity (Wildman–Crippen MR) is 310 cm³/mol. The number of carboxylic acid groups (broad SMARTS) is 1. The summed E-state index contributed by atoms with van der Waals surface area (Å²) >= 11 is 0. The van der Waals surface area contributed by atoms with E-state index in [1.54, 1.807) is 74.1 Å². The van der Waals surface area contributed by atoms with E-state index in [9.17, 15) is 60.1 Å². The highest BCUT2D eigenvalue weighted by Crippen LogP contribution is 2.23. The van der Waals surface area contributed by atoms with Gasteiger partial charge in [-0.15, -0.1) is 0 Å². The number of pyridine rings is 2. The van der Waals surface area contributed by atoms with Gasteiger partial charge in [-0.3, -0.25) is 43.5 Å². The number of aromatic nitrogens is 4. The molecule has 448 valence electrons. The predicted octanol–water partition coefficient (Wildman–Crippen LogP) is 2.65. The third kappa shape index (κ3) is 19.1. The number of hydrogen-bond acceptors (Lipinski definition) is 17. The van der Waals surface area contributed by atoms with Gasteiger partial charge in [0.1, 0.15) is 28.4 Å². The molecular weight excluding hydrogens is 1130 g/mol. The molecule has 0 aliphatic rings. The number of hydrazone groups is 1. The van der Waals surface area contributed by atoms with E-state index in [1.165, 1.54) is 55.9 Å². The summed E-state index contributed by atoms with van der Waals surface area (Å²) in [4.78, 5) is 101. The van der Waals surface area contributed by atoms with E-state index >= 15 is 0 Å². The molecule has 1 unspecified atom stereocenters. The quantitative estimate of drug-likeness (QED) is 0.0125. The molecule has 2 atom stereocenters. The zero-order valence-electron chi connectivity index (χ0n) is 46.5. The van der Waals surface area contributed by atoms with Crippen molar-refractivity contribution in [2.75, 3.05) is 50.1 Å². The molecule has 27 nitrogen and oxygen atoms in total. The molecule has 0 fully saturated rings. The van der Waals surface area contributed by atoms with Crippen LogP contribution in [0.5, 0.6) is 0 Å². The Morgan fingerprint density at radius 2 is 1.50 bits per heavy atom. The average molecular weight is 1200 g/mol. The minimum atomic E-state index is -4.46. The van der Waals surface area contributed by atoms with Crippen molar-refractivity contribution in [1.29, 1.82) is 0 Å². The van der Waals surface area contributed by atoms with E-state index in [0.717, 1.165) is 11.1 Å². The van der Waals surface area contributed by atoms with Crippen molar-refractivity contribution >= 4 is 84.5 Å². The monoisotopic (exact) mass is 1200 g/mol. The number of nitrogens with one attached hydrogen (secondary N) is 9. The molecule has 0 aliphatic heterocycles. The van der Waals surface area contributed by atoms with Crippen LogP contribution in [-0.2, 0) is 57.1 Å². The summed E-state index contributed by atoms with van der Waals surface area (Å²) in [5.41, 5.74) is 4.83. The van der Waals surface area contributed by atoms with E-state index in [4.69, 9.17) is 4.74 Å². The van der Waals surface area contributed by atoms with Gasteiger partial charge in [-0.05, 0) is 94.0 Å². The summed E-state index contributed by atoms with van der Waals surface area (Å²) in [7, 11) is -8.81. The number of amides is 5. The van der Waals surface area contributed by atoms with Crippen molar-refractivity contribution in [1.82, 2.24) is 50.8 Å². The number of rotatable bonds is 32. The molecule has 6 rings (SSSR count). The lowest BCUT2D eigenvalue weighted by Gasteiger charge is -2.19. The maximum atomic E-state index is 13.8. The molecule has 0 radical (unpaired) electrons. The minimum Gasteiger partial charge on any atom is -0.480 e. The largest absolute Gasteiger partial charge is 0.480 e. The van der Waals surface area contributed by atoms with E-state index < -0.39 is 67.9 Å². The highest BCUT2D eigenvalue weighted by atomic mass is 32.2. The van der Waals surface area contributed by atoms with Crippen LogP contribution in [0.1, 0.15) is 87.6 Å². The average Bonchev–Trinajstić information content (AvgIpc) is 2.91. The number of nitrogens with zero attached hydrogens (tertiary/aromatic N) is 4. The molecule has 0 saturated heterocycles. The van der Waals surface area contributed by atoms with Gasteiger partial charge in [0.2, 0.25) is 33.2 Å². The second kappa shape index (κ2) is 30.4. The molecule has 5 amide bonds. The Balaban J connectivity index is 0.879. The van der Waals surface area contributed by atoms with E-state index in [1.807, 2.05) is 0 Å².